The number of benzene rings is 1. The van der Waals surface area contributed by atoms with Crippen LogP contribution in [-0.4, -0.2) is 56.1 Å². The molecule has 1 aliphatic heterocycles. The van der Waals surface area contributed by atoms with E-state index in [-0.39, 0.29) is 0 Å². The minimum absolute atomic E-state index is 0.303. The molecule has 124 valence electrons. The maximum atomic E-state index is 12.2. The van der Waals surface area contributed by atoms with E-state index in [0.29, 0.717) is 18.8 Å². The average molecular weight is 324 g/mol. The van der Waals surface area contributed by atoms with Gasteiger partial charge in [0.15, 0.2) is 0 Å². The predicted octanol–water partition coefficient (Wildman–Crippen LogP) is 2.37. The van der Waals surface area contributed by atoms with Crippen molar-refractivity contribution in [3.05, 3.63) is 35.9 Å². The summed E-state index contributed by atoms with van der Waals surface area (Å²) in [7, 11) is -3.03. The van der Waals surface area contributed by atoms with E-state index in [9.17, 15) is 8.42 Å². The largest absolute Gasteiger partial charge is 0.301 e. The minimum atomic E-state index is -3.03. The lowest BCUT2D eigenvalue weighted by molar-refractivity contribution is 0.187. The fourth-order valence-electron chi connectivity index (χ4n) is 2.84. The van der Waals surface area contributed by atoms with Gasteiger partial charge in [0.1, 0.15) is 0 Å². The van der Waals surface area contributed by atoms with Gasteiger partial charge in [-0.1, -0.05) is 43.7 Å². The van der Waals surface area contributed by atoms with Gasteiger partial charge in [0.2, 0.25) is 10.0 Å². The predicted molar refractivity (Wildman–Crippen MR) is 91.5 cm³/mol. The van der Waals surface area contributed by atoms with E-state index in [1.807, 2.05) is 13.0 Å². The van der Waals surface area contributed by atoms with E-state index in [0.717, 1.165) is 45.3 Å². The zero-order valence-corrected chi connectivity index (χ0v) is 14.4. The topological polar surface area (TPSA) is 40.6 Å². The van der Waals surface area contributed by atoms with Crippen LogP contribution in [0.4, 0.5) is 0 Å². The molecule has 0 radical (unpaired) electrons. The Labute approximate surface area is 135 Å². The number of nitrogens with zero attached hydrogens (tertiary/aromatic N) is 2. The van der Waals surface area contributed by atoms with E-state index >= 15 is 0 Å². The molecule has 1 aliphatic rings. The standard InChI is InChI=1S/C17H28N2O2S/c1-2-3-16-22(20,21)19-14-12-18(13-15-19)11-7-10-17-8-5-4-6-9-17/h4-6,8-9H,2-3,7,10-16H2,1H3. The second-order valence-corrected chi connectivity index (χ2v) is 8.09. The van der Waals surface area contributed by atoms with Crippen molar-refractivity contribution in [3.63, 3.8) is 0 Å². The fraction of sp³-hybridized carbons (Fsp3) is 0.647. The normalized spacial score (nSPS) is 17.7. The van der Waals surface area contributed by atoms with Crippen molar-refractivity contribution in [2.45, 2.75) is 32.6 Å². The highest BCUT2D eigenvalue weighted by Gasteiger charge is 2.25. The van der Waals surface area contributed by atoms with Crippen molar-refractivity contribution in [1.29, 1.82) is 0 Å². The summed E-state index contributed by atoms with van der Waals surface area (Å²) in [6.07, 6.45) is 3.92. The van der Waals surface area contributed by atoms with E-state index in [1.54, 1.807) is 4.31 Å². The molecule has 0 aliphatic carbocycles. The molecule has 0 atom stereocenters. The monoisotopic (exact) mass is 324 g/mol. The molecule has 1 saturated heterocycles. The first-order chi connectivity index (χ1) is 10.6. The van der Waals surface area contributed by atoms with Crippen LogP contribution in [-0.2, 0) is 16.4 Å². The molecule has 1 aromatic carbocycles. The number of hydrogen-bond donors (Lipinski definition) is 0. The Kier molecular flexibility index (Phi) is 6.86. The Morgan fingerprint density at radius 3 is 2.32 bits per heavy atom. The molecule has 0 amide bonds. The number of hydrogen-bond acceptors (Lipinski definition) is 3. The zero-order valence-electron chi connectivity index (χ0n) is 13.6. The Morgan fingerprint density at radius 1 is 1.00 bits per heavy atom. The van der Waals surface area contributed by atoms with E-state index in [2.05, 4.69) is 29.2 Å². The van der Waals surface area contributed by atoms with E-state index in [4.69, 9.17) is 0 Å². The first kappa shape index (κ1) is 17.4. The first-order valence-corrected chi connectivity index (χ1v) is 9.97. The van der Waals surface area contributed by atoms with Gasteiger partial charge in [0, 0.05) is 26.2 Å². The maximum Gasteiger partial charge on any atom is 0.214 e. The van der Waals surface area contributed by atoms with Gasteiger partial charge in [-0.2, -0.15) is 4.31 Å². The molecule has 0 bridgehead atoms. The third-order valence-electron chi connectivity index (χ3n) is 4.26. The van der Waals surface area contributed by atoms with Crippen LogP contribution >= 0.6 is 0 Å². The number of sulfonamides is 1. The summed E-state index contributed by atoms with van der Waals surface area (Å²) in [4.78, 5) is 2.38. The highest BCUT2D eigenvalue weighted by molar-refractivity contribution is 7.89. The Hall–Kier alpha value is -0.910. The van der Waals surface area contributed by atoms with Crippen molar-refractivity contribution >= 4 is 10.0 Å². The molecule has 0 saturated carbocycles. The third-order valence-corrected chi connectivity index (χ3v) is 6.22. The van der Waals surface area contributed by atoms with E-state index in [1.165, 1.54) is 5.56 Å². The van der Waals surface area contributed by atoms with Crippen LogP contribution in [0.2, 0.25) is 0 Å². The lowest BCUT2D eigenvalue weighted by Crippen LogP contribution is -2.49. The second kappa shape index (κ2) is 8.65. The molecule has 0 spiro atoms. The zero-order chi connectivity index (χ0) is 15.8. The highest BCUT2D eigenvalue weighted by atomic mass is 32.2. The summed E-state index contributed by atoms with van der Waals surface area (Å²) in [5.74, 6) is 0.303. The number of piperazine rings is 1. The van der Waals surface area contributed by atoms with Crippen molar-refractivity contribution in [1.82, 2.24) is 9.21 Å². The van der Waals surface area contributed by atoms with Crippen molar-refractivity contribution in [3.8, 4) is 0 Å². The van der Waals surface area contributed by atoms with Gasteiger partial charge >= 0.3 is 0 Å². The SMILES string of the molecule is CCCCS(=O)(=O)N1CCN(CCCc2ccccc2)CC1. The van der Waals surface area contributed by atoms with Crippen LogP contribution in [0, 0.1) is 0 Å². The van der Waals surface area contributed by atoms with Gasteiger partial charge in [-0.3, -0.25) is 0 Å². The van der Waals surface area contributed by atoms with Crippen molar-refractivity contribution < 1.29 is 8.42 Å². The molecule has 4 nitrogen and oxygen atoms in total. The Balaban J connectivity index is 1.69. The van der Waals surface area contributed by atoms with Gasteiger partial charge in [-0.25, -0.2) is 8.42 Å². The lowest BCUT2D eigenvalue weighted by Gasteiger charge is -2.34. The Morgan fingerprint density at radius 2 is 1.68 bits per heavy atom. The molecular formula is C17H28N2O2S. The Bertz CT molecular complexity index is 523. The third kappa shape index (κ3) is 5.38. The highest BCUT2D eigenvalue weighted by Crippen LogP contribution is 2.11. The second-order valence-electron chi connectivity index (χ2n) is 6.00. The van der Waals surface area contributed by atoms with Crippen molar-refractivity contribution in [2.75, 3.05) is 38.5 Å². The molecule has 0 aromatic heterocycles. The summed E-state index contributed by atoms with van der Waals surface area (Å²) in [6, 6.07) is 10.5. The summed E-state index contributed by atoms with van der Waals surface area (Å²) < 4.78 is 26.0. The molecule has 22 heavy (non-hydrogen) atoms. The summed E-state index contributed by atoms with van der Waals surface area (Å²) in [5.41, 5.74) is 1.38. The van der Waals surface area contributed by atoms with Crippen LogP contribution in [0.25, 0.3) is 0 Å². The fourth-order valence-corrected chi connectivity index (χ4v) is 4.47. The molecule has 1 fully saturated rings. The molecular weight excluding hydrogens is 296 g/mol. The quantitative estimate of drug-likeness (QED) is 0.737. The van der Waals surface area contributed by atoms with Gasteiger partial charge in [0.25, 0.3) is 0 Å². The van der Waals surface area contributed by atoms with Crippen LogP contribution in [0.3, 0.4) is 0 Å². The minimum Gasteiger partial charge on any atom is -0.301 e. The summed E-state index contributed by atoms with van der Waals surface area (Å²) in [5, 5.41) is 0. The molecule has 2 rings (SSSR count). The summed E-state index contributed by atoms with van der Waals surface area (Å²) >= 11 is 0. The first-order valence-electron chi connectivity index (χ1n) is 8.36. The smallest absolute Gasteiger partial charge is 0.214 e. The van der Waals surface area contributed by atoms with Gasteiger partial charge in [-0.05, 0) is 31.4 Å². The maximum absolute atomic E-state index is 12.2. The number of rotatable bonds is 8. The molecule has 0 N–H and O–H groups in total. The number of aryl methyl sites for hydroxylation is 1. The van der Waals surface area contributed by atoms with Gasteiger partial charge < -0.3 is 4.90 Å². The summed E-state index contributed by atoms with van der Waals surface area (Å²) in [6.45, 7) is 6.10. The van der Waals surface area contributed by atoms with Crippen LogP contribution < -0.4 is 0 Å². The van der Waals surface area contributed by atoms with Crippen molar-refractivity contribution in [2.24, 2.45) is 0 Å². The van der Waals surface area contributed by atoms with Crippen LogP contribution in [0.1, 0.15) is 31.7 Å². The van der Waals surface area contributed by atoms with Gasteiger partial charge in [-0.15, -0.1) is 0 Å². The molecule has 1 heterocycles. The molecule has 5 heteroatoms. The van der Waals surface area contributed by atoms with Crippen LogP contribution in [0.5, 0.6) is 0 Å². The average Bonchev–Trinajstić information content (AvgIpc) is 2.54. The van der Waals surface area contributed by atoms with E-state index < -0.39 is 10.0 Å². The molecule has 1 aromatic rings. The van der Waals surface area contributed by atoms with Gasteiger partial charge in [0.05, 0.1) is 5.75 Å². The lowest BCUT2D eigenvalue weighted by atomic mass is 10.1. The molecule has 0 unspecified atom stereocenters. The van der Waals surface area contributed by atoms with Crippen LogP contribution in [0.15, 0.2) is 30.3 Å². The number of unbranched alkanes of at least 4 members (excludes halogenated alkanes) is 1.